The molecule has 1 aromatic rings. The van der Waals surface area contributed by atoms with Gasteiger partial charge >= 0.3 is 5.97 Å². The lowest BCUT2D eigenvalue weighted by atomic mass is 10.3. The molecule has 72 valence electrons. The standard InChI is InChI=1S/C7H9IN2O3/c1-13-4-6(7(11)12)10-3-5(8)2-9-10/h2-3,6H,4H2,1H3,(H,11,12). The van der Waals surface area contributed by atoms with E-state index in [9.17, 15) is 4.79 Å². The van der Waals surface area contributed by atoms with Crippen LogP contribution in [0.15, 0.2) is 12.4 Å². The first-order valence-corrected chi connectivity index (χ1v) is 4.64. The quantitative estimate of drug-likeness (QED) is 0.833. The molecule has 0 spiro atoms. The monoisotopic (exact) mass is 296 g/mol. The SMILES string of the molecule is COCC(C(=O)O)n1cc(I)cn1. The number of rotatable bonds is 4. The Labute approximate surface area is 88.8 Å². The molecule has 1 N–H and O–H groups in total. The fourth-order valence-electron chi connectivity index (χ4n) is 0.904. The number of hydrogen-bond donors (Lipinski definition) is 1. The smallest absolute Gasteiger partial charge is 0.330 e. The Hall–Kier alpha value is -0.630. The summed E-state index contributed by atoms with van der Waals surface area (Å²) in [6.45, 7) is 0.118. The van der Waals surface area contributed by atoms with Gasteiger partial charge in [-0.2, -0.15) is 5.10 Å². The van der Waals surface area contributed by atoms with Crippen LogP contribution in [0.25, 0.3) is 0 Å². The number of aromatic nitrogens is 2. The van der Waals surface area contributed by atoms with Crippen LogP contribution in [0, 0.1) is 3.57 Å². The molecule has 0 fully saturated rings. The highest BCUT2D eigenvalue weighted by molar-refractivity contribution is 14.1. The average Bonchev–Trinajstić information content (AvgIpc) is 2.46. The van der Waals surface area contributed by atoms with Crippen LogP contribution in [-0.4, -0.2) is 34.6 Å². The zero-order valence-electron chi connectivity index (χ0n) is 6.98. The van der Waals surface area contributed by atoms with Gasteiger partial charge in [-0.05, 0) is 22.6 Å². The number of methoxy groups -OCH3 is 1. The Morgan fingerprint density at radius 2 is 2.62 bits per heavy atom. The van der Waals surface area contributed by atoms with Gasteiger partial charge in [0.15, 0.2) is 6.04 Å². The molecule has 6 heteroatoms. The fourth-order valence-corrected chi connectivity index (χ4v) is 1.31. The van der Waals surface area contributed by atoms with Crippen LogP contribution in [0.5, 0.6) is 0 Å². The summed E-state index contributed by atoms with van der Waals surface area (Å²) in [7, 11) is 1.46. The van der Waals surface area contributed by atoms with Gasteiger partial charge in [0, 0.05) is 13.3 Å². The molecule has 1 unspecified atom stereocenters. The van der Waals surface area contributed by atoms with Crippen LogP contribution < -0.4 is 0 Å². The predicted molar refractivity (Wildman–Crippen MR) is 53.5 cm³/mol. The summed E-state index contributed by atoms with van der Waals surface area (Å²) >= 11 is 2.07. The highest BCUT2D eigenvalue weighted by Gasteiger charge is 2.19. The summed E-state index contributed by atoms with van der Waals surface area (Å²) in [5.41, 5.74) is 0. The Kier molecular flexibility index (Phi) is 3.67. The van der Waals surface area contributed by atoms with E-state index >= 15 is 0 Å². The molecule has 1 rings (SSSR count). The largest absolute Gasteiger partial charge is 0.480 e. The van der Waals surface area contributed by atoms with Crippen molar-refractivity contribution < 1.29 is 14.6 Å². The lowest BCUT2D eigenvalue weighted by Gasteiger charge is -2.10. The summed E-state index contributed by atoms with van der Waals surface area (Å²) in [5.74, 6) is -0.943. The van der Waals surface area contributed by atoms with E-state index in [1.807, 2.05) is 0 Å². The Morgan fingerprint density at radius 1 is 1.92 bits per heavy atom. The summed E-state index contributed by atoms with van der Waals surface area (Å²) in [4.78, 5) is 10.8. The Balaban J connectivity index is 2.81. The molecule has 13 heavy (non-hydrogen) atoms. The summed E-state index contributed by atoms with van der Waals surface area (Å²) in [6, 6.07) is -0.742. The third-order valence-electron chi connectivity index (χ3n) is 1.50. The van der Waals surface area contributed by atoms with Crippen LogP contribution >= 0.6 is 22.6 Å². The molecule has 0 aromatic carbocycles. The maximum absolute atomic E-state index is 10.8. The van der Waals surface area contributed by atoms with Crippen molar-refractivity contribution in [3.8, 4) is 0 Å². The molecule has 5 nitrogen and oxygen atoms in total. The molecule has 0 saturated carbocycles. The highest BCUT2D eigenvalue weighted by atomic mass is 127. The molecular formula is C7H9IN2O3. The molecule has 0 amide bonds. The second-order valence-electron chi connectivity index (χ2n) is 2.45. The van der Waals surface area contributed by atoms with E-state index in [0.717, 1.165) is 3.57 Å². The van der Waals surface area contributed by atoms with E-state index in [4.69, 9.17) is 9.84 Å². The predicted octanol–water partition coefficient (Wildman–Crippen LogP) is 0.760. The number of ether oxygens (including phenoxy) is 1. The number of aliphatic carboxylic acids is 1. The third kappa shape index (κ3) is 2.66. The normalized spacial score (nSPS) is 12.8. The molecule has 1 heterocycles. The molecule has 1 aromatic heterocycles. The minimum absolute atomic E-state index is 0.118. The first kappa shape index (κ1) is 10.5. The van der Waals surface area contributed by atoms with Crippen molar-refractivity contribution in [3.63, 3.8) is 0 Å². The summed E-state index contributed by atoms with van der Waals surface area (Å²) in [5, 5.41) is 12.7. The Morgan fingerprint density at radius 3 is 3.00 bits per heavy atom. The van der Waals surface area contributed by atoms with Gasteiger partial charge in [-0.25, -0.2) is 4.79 Å². The lowest BCUT2D eigenvalue weighted by Crippen LogP contribution is -2.23. The minimum atomic E-state index is -0.943. The van der Waals surface area contributed by atoms with Crippen LogP contribution in [0.4, 0.5) is 0 Å². The van der Waals surface area contributed by atoms with Gasteiger partial charge < -0.3 is 9.84 Å². The molecule has 0 aliphatic carbocycles. The molecule has 0 aliphatic rings. The van der Waals surface area contributed by atoms with Gasteiger partial charge in [0.2, 0.25) is 0 Å². The molecular weight excluding hydrogens is 287 g/mol. The average molecular weight is 296 g/mol. The van der Waals surface area contributed by atoms with Gasteiger partial charge in [-0.15, -0.1) is 0 Å². The number of carboxylic acid groups (broad SMARTS) is 1. The van der Waals surface area contributed by atoms with Crippen molar-refractivity contribution >= 4 is 28.6 Å². The first-order valence-electron chi connectivity index (χ1n) is 3.56. The lowest BCUT2D eigenvalue weighted by molar-refractivity contribution is -0.142. The second kappa shape index (κ2) is 4.56. The number of nitrogens with zero attached hydrogens (tertiary/aromatic N) is 2. The zero-order chi connectivity index (χ0) is 9.84. The Bertz CT molecular complexity index is 300. The fraction of sp³-hybridized carbons (Fsp3) is 0.429. The summed E-state index contributed by atoms with van der Waals surface area (Å²) < 4.78 is 7.07. The number of halogens is 1. The topological polar surface area (TPSA) is 64.3 Å². The van der Waals surface area contributed by atoms with E-state index in [2.05, 4.69) is 27.7 Å². The van der Waals surface area contributed by atoms with Gasteiger partial charge in [-0.3, -0.25) is 4.68 Å². The number of hydrogen-bond acceptors (Lipinski definition) is 3. The van der Waals surface area contributed by atoms with Crippen molar-refractivity contribution in [2.45, 2.75) is 6.04 Å². The van der Waals surface area contributed by atoms with Crippen molar-refractivity contribution in [2.24, 2.45) is 0 Å². The zero-order valence-corrected chi connectivity index (χ0v) is 9.13. The van der Waals surface area contributed by atoms with Gasteiger partial charge in [0.1, 0.15) is 0 Å². The van der Waals surface area contributed by atoms with Crippen LogP contribution in [-0.2, 0) is 9.53 Å². The molecule has 0 saturated heterocycles. The van der Waals surface area contributed by atoms with Gasteiger partial charge in [0.25, 0.3) is 0 Å². The third-order valence-corrected chi connectivity index (χ3v) is 2.06. The van der Waals surface area contributed by atoms with Gasteiger partial charge in [0.05, 0.1) is 16.4 Å². The van der Waals surface area contributed by atoms with E-state index < -0.39 is 12.0 Å². The molecule has 0 aliphatic heterocycles. The van der Waals surface area contributed by atoms with E-state index in [-0.39, 0.29) is 6.61 Å². The van der Waals surface area contributed by atoms with Crippen molar-refractivity contribution in [1.29, 1.82) is 0 Å². The van der Waals surface area contributed by atoms with Crippen LogP contribution in [0.1, 0.15) is 6.04 Å². The van der Waals surface area contributed by atoms with E-state index in [1.165, 1.54) is 11.8 Å². The first-order chi connectivity index (χ1) is 6.15. The minimum Gasteiger partial charge on any atom is -0.480 e. The van der Waals surface area contributed by atoms with Crippen LogP contribution in [0.3, 0.4) is 0 Å². The maximum atomic E-state index is 10.8. The van der Waals surface area contributed by atoms with E-state index in [1.54, 1.807) is 12.4 Å². The van der Waals surface area contributed by atoms with E-state index in [0.29, 0.717) is 0 Å². The van der Waals surface area contributed by atoms with Crippen molar-refractivity contribution in [2.75, 3.05) is 13.7 Å². The number of carboxylic acids is 1. The molecule has 0 bridgehead atoms. The molecule has 1 atom stereocenters. The highest BCUT2D eigenvalue weighted by Crippen LogP contribution is 2.09. The molecule has 0 radical (unpaired) electrons. The second-order valence-corrected chi connectivity index (χ2v) is 3.69. The maximum Gasteiger partial charge on any atom is 0.330 e. The summed E-state index contributed by atoms with van der Waals surface area (Å²) in [6.07, 6.45) is 3.27. The van der Waals surface area contributed by atoms with Gasteiger partial charge in [-0.1, -0.05) is 0 Å². The number of carbonyl (C=O) groups is 1. The van der Waals surface area contributed by atoms with Crippen molar-refractivity contribution in [3.05, 3.63) is 16.0 Å². The van der Waals surface area contributed by atoms with Crippen LogP contribution in [0.2, 0.25) is 0 Å². The van der Waals surface area contributed by atoms with Crippen molar-refractivity contribution in [1.82, 2.24) is 9.78 Å².